The van der Waals surface area contributed by atoms with Crippen LogP contribution in [0.4, 0.5) is 0 Å². The van der Waals surface area contributed by atoms with Crippen molar-refractivity contribution >= 4 is 12.2 Å². The summed E-state index contributed by atoms with van der Waals surface area (Å²) in [5, 5.41) is 0. The van der Waals surface area contributed by atoms with Crippen molar-refractivity contribution in [3.05, 3.63) is 126 Å². The molecule has 0 saturated carbocycles. The van der Waals surface area contributed by atoms with Crippen LogP contribution >= 0.6 is 0 Å². The van der Waals surface area contributed by atoms with Gasteiger partial charge < -0.3 is 0 Å². The van der Waals surface area contributed by atoms with Gasteiger partial charge in [-0.15, -0.1) is 0 Å². The number of hydrogen-bond acceptors (Lipinski definition) is 0. The van der Waals surface area contributed by atoms with Gasteiger partial charge in [-0.3, -0.25) is 0 Å². The molecule has 0 N–H and O–H groups in total. The Bertz CT molecular complexity index is 1390. The summed E-state index contributed by atoms with van der Waals surface area (Å²) in [6, 6.07) is 35.8. The number of rotatable bonds is 4. The molecule has 1 fully saturated rings. The number of hydrogen-bond donors (Lipinski definition) is 0. The second-order valence-electron chi connectivity index (χ2n) is 10.6. The van der Waals surface area contributed by atoms with Crippen LogP contribution in [0.15, 0.2) is 104 Å². The molecule has 0 amide bonds. The van der Waals surface area contributed by atoms with Crippen LogP contribution in [-0.2, 0) is 20.3 Å². The third-order valence-corrected chi connectivity index (χ3v) is 20.7. The van der Waals surface area contributed by atoms with E-state index in [2.05, 4.69) is 123 Å². The third kappa shape index (κ3) is 3.28. The Hall–Kier alpha value is -2.76. The molecule has 1 heterocycles. The average Bonchev–Trinajstić information content (AvgIpc) is 3.54. The van der Waals surface area contributed by atoms with Gasteiger partial charge in [0.15, 0.2) is 0 Å². The van der Waals surface area contributed by atoms with Gasteiger partial charge in [0.05, 0.1) is 0 Å². The minimum atomic E-state index is -2.58. The SMILES string of the molecule is C[C@@H]1[C]([Zr]2([C]3=Cc4c(-c5ccccc5)cccc4[C@H]3C)[CH2][CH2]2)=Cc2c(-c3ccccc3)cccc21. The fourth-order valence-corrected chi connectivity index (χ4v) is 21.7. The van der Waals surface area contributed by atoms with E-state index in [9.17, 15) is 0 Å². The molecule has 0 unspecified atom stereocenters. The molecule has 0 bridgehead atoms. The molecule has 1 aliphatic heterocycles. The van der Waals surface area contributed by atoms with Crippen molar-refractivity contribution in [1.82, 2.24) is 0 Å². The standard InChI is InChI=1S/2C16H13.C2H4.Zr/c2*1-12-10-11-16-14(12)8-5-9-15(16)13-6-3-2-4-7-13;1-2;/h2*2-9,11-12H,1H3;1-2H2;/t2*12-;;/m10../s1. The van der Waals surface area contributed by atoms with Crippen LogP contribution in [-0.4, -0.2) is 0 Å². The van der Waals surface area contributed by atoms with Gasteiger partial charge in [0, 0.05) is 0 Å². The van der Waals surface area contributed by atoms with E-state index >= 15 is 0 Å². The van der Waals surface area contributed by atoms with Crippen molar-refractivity contribution in [3.63, 3.8) is 0 Å². The molecule has 170 valence electrons. The fraction of sp³-hybridized carbons (Fsp3) is 0.176. The van der Waals surface area contributed by atoms with Crippen LogP contribution in [0.25, 0.3) is 34.4 Å². The molecular formula is C34H30Zr. The van der Waals surface area contributed by atoms with Crippen LogP contribution < -0.4 is 0 Å². The Morgan fingerprint density at radius 1 is 0.514 bits per heavy atom. The first-order valence-corrected chi connectivity index (χ1v) is 18.9. The number of allylic oxidation sites excluding steroid dienone is 2. The molecule has 3 aliphatic rings. The molecule has 4 aromatic carbocycles. The minimum absolute atomic E-state index is 0.553. The van der Waals surface area contributed by atoms with Gasteiger partial charge in [0.25, 0.3) is 0 Å². The van der Waals surface area contributed by atoms with Gasteiger partial charge in [-0.25, -0.2) is 0 Å². The van der Waals surface area contributed by atoms with Gasteiger partial charge in [-0.1, -0.05) is 0 Å². The van der Waals surface area contributed by atoms with Crippen molar-refractivity contribution in [1.29, 1.82) is 0 Å². The normalized spacial score (nSPS) is 21.2. The van der Waals surface area contributed by atoms with E-state index in [4.69, 9.17) is 0 Å². The number of benzene rings is 4. The number of fused-ring (bicyclic) bond motifs is 2. The Morgan fingerprint density at radius 3 is 1.34 bits per heavy atom. The van der Waals surface area contributed by atoms with Gasteiger partial charge in [0.1, 0.15) is 0 Å². The zero-order valence-corrected chi connectivity index (χ0v) is 22.9. The monoisotopic (exact) mass is 528 g/mol. The van der Waals surface area contributed by atoms with Crippen molar-refractivity contribution < 1.29 is 20.3 Å². The first-order chi connectivity index (χ1) is 17.2. The van der Waals surface area contributed by atoms with Crippen LogP contribution in [0.1, 0.15) is 47.9 Å². The molecule has 1 saturated heterocycles. The summed E-state index contributed by atoms with van der Waals surface area (Å²) >= 11 is -2.58. The molecule has 4 aromatic rings. The predicted octanol–water partition coefficient (Wildman–Crippen LogP) is 9.64. The van der Waals surface area contributed by atoms with Gasteiger partial charge >= 0.3 is 214 Å². The Morgan fingerprint density at radius 2 is 0.943 bits per heavy atom. The average molecular weight is 530 g/mol. The van der Waals surface area contributed by atoms with E-state index in [1.807, 2.05) is 6.56 Å². The summed E-state index contributed by atoms with van der Waals surface area (Å²) < 4.78 is 6.63. The van der Waals surface area contributed by atoms with Crippen molar-refractivity contribution in [2.24, 2.45) is 0 Å². The molecule has 7 rings (SSSR count). The van der Waals surface area contributed by atoms with Gasteiger partial charge in [-0.2, -0.15) is 0 Å². The summed E-state index contributed by atoms with van der Waals surface area (Å²) in [7, 11) is 0. The Kier molecular flexibility index (Phi) is 5.01. The van der Waals surface area contributed by atoms with E-state index in [0.29, 0.717) is 11.8 Å². The van der Waals surface area contributed by atoms with Crippen LogP contribution in [0.2, 0.25) is 8.26 Å². The zero-order chi connectivity index (χ0) is 23.6. The second-order valence-corrected chi connectivity index (χ2v) is 21.2. The molecule has 1 heteroatoms. The Balaban J connectivity index is 1.33. The van der Waals surface area contributed by atoms with Gasteiger partial charge in [-0.05, 0) is 0 Å². The first-order valence-electron chi connectivity index (χ1n) is 13.0. The molecular weight excluding hydrogens is 500 g/mol. The molecule has 0 aromatic heterocycles. The van der Waals surface area contributed by atoms with Crippen molar-refractivity contribution in [3.8, 4) is 22.3 Å². The third-order valence-electron chi connectivity index (χ3n) is 8.77. The molecule has 2 atom stereocenters. The zero-order valence-electron chi connectivity index (χ0n) is 20.5. The quantitative estimate of drug-likeness (QED) is 0.247. The van der Waals surface area contributed by atoms with Gasteiger partial charge in [0.2, 0.25) is 0 Å². The maximum absolute atomic E-state index is 2.65. The molecule has 0 spiro atoms. The predicted molar refractivity (Wildman–Crippen MR) is 146 cm³/mol. The van der Waals surface area contributed by atoms with Crippen LogP contribution in [0, 0.1) is 0 Å². The molecule has 35 heavy (non-hydrogen) atoms. The fourth-order valence-electron chi connectivity index (χ4n) is 6.85. The van der Waals surface area contributed by atoms with Crippen LogP contribution in [0.5, 0.6) is 0 Å². The summed E-state index contributed by atoms with van der Waals surface area (Å²) in [5.74, 6) is 1.11. The topological polar surface area (TPSA) is 0 Å². The van der Waals surface area contributed by atoms with E-state index in [0.717, 1.165) is 0 Å². The summed E-state index contributed by atoms with van der Waals surface area (Å²) in [4.78, 5) is 0. The van der Waals surface area contributed by atoms with E-state index < -0.39 is 20.3 Å². The molecule has 0 nitrogen and oxygen atoms in total. The van der Waals surface area contributed by atoms with E-state index in [1.54, 1.807) is 0 Å². The van der Waals surface area contributed by atoms with Crippen molar-refractivity contribution in [2.45, 2.75) is 33.9 Å². The van der Waals surface area contributed by atoms with E-state index in [1.165, 1.54) is 52.8 Å². The second kappa shape index (κ2) is 8.14. The summed E-state index contributed by atoms with van der Waals surface area (Å²) in [6.07, 6.45) is 5.31. The summed E-state index contributed by atoms with van der Waals surface area (Å²) in [5.41, 5.74) is 11.5. The van der Waals surface area contributed by atoms with E-state index in [-0.39, 0.29) is 0 Å². The maximum atomic E-state index is 2.65. The van der Waals surface area contributed by atoms with Crippen LogP contribution in [0.3, 0.4) is 0 Å². The molecule has 0 radical (unpaired) electrons. The molecule has 2 aliphatic carbocycles. The summed E-state index contributed by atoms with van der Waals surface area (Å²) in [6.45, 7) is 4.96. The first kappa shape index (κ1) is 21.5. The van der Waals surface area contributed by atoms with Crippen molar-refractivity contribution in [2.75, 3.05) is 0 Å². The Labute approximate surface area is 213 Å².